The highest BCUT2D eigenvalue weighted by atomic mass is 16.6. The van der Waals surface area contributed by atoms with Gasteiger partial charge in [-0.1, -0.05) is 0 Å². The minimum absolute atomic E-state index is 0.104. The molecule has 0 aromatic heterocycles. The molecule has 2 aliphatic heterocycles. The van der Waals surface area contributed by atoms with Crippen molar-refractivity contribution >= 4 is 47.3 Å². The van der Waals surface area contributed by atoms with Crippen LogP contribution >= 0.6 is 0 Å². The third-order valence-corrected chi connectivity index (χ3v) is 7.35. The molecule has 0 bridgehead atoms. The first-order valence-electron chi connectivity index (χ1n) is 15.4. The van der Waals surface area contributed by atoms with Gasteiger partial charge in [0.1, 0.15) is 37.4 Å². The lowest BCUT2D eigenvalue weighted by atomic mass is 10.2. The number of nitro benzene ring substituents is 1. The van der Waals surface area contributed by atoms with E-state index in [1.807, 2.05) is 0 Å². The Morgan fingerprint density at radius 3 is 1.83 bits per heavy atom. The molecule has 4 N–H and O–H groups in total. The fourth-order valence-corrected chi connectivity index (χ4v) is 5.07. The van der Waals surface area contributed by atoms with Crippen molar-refractivity contribution in [2.75, 3.05) is 39.3 Å². The number of hydrogen-bond acceptors (Lipinski definition) is 11. The molecule has 18 heteroatoms. The Morgan fingerprint density at radius 2 is 1.31 bits per heavy atom. The van der Waals surface area contributed by atoms with E-state index in [2.05, 4.69) is 21.3 Å². The zero-order valence-corrected chi connectivity index (χ0v) is 27.1. The fraction of sp³-hybridized carbons (Fsp3) is 0.567. The topological polar surface area (TPSA) is 236 Å². The molecular weight excluding hydrogens is 634 g/mol. The monoisotopic (exact) mass is 675 g/mol. The lowest BCUT2D eigenvalue weighted by Crippen LogP contribution is -2.52. The summed E-state index contributed by atoms with van der Waals surface area (Å²) in [6, 6.07) is 3.77. The number of benzene rings is 1. The van der Waals surface area contributed by atoms with Crippen LogP contribution in [0.25, 0.3) is 0 Å². The van der Waals surface area contributed by atoms with Crippen molar-refractivity contribution in [1.29, 1.82) is 0 Å². The molecule has 0 saturated carbocycles. The number of nitrogens with zero attached hydrogens (tertiary/aromatic N) is 3. The maximum Gasteiger partial charge on any atom is 0.408 e. The zero-order chi connectivity index (χ0) is 35.4. The normalized spacial score (nSPS) is 17.2. The number of carbonyl (C=O) groups is 7. The molecule has 0 spiro atoms. The summed E-state index contributed by atoms with van der Waals surface area (Å²) in [5.74, 6) is -3.52. The number of amides is 6. The van der Waals surface area contributed by atoms with Gasteiger partial charge in [0.25, 0.3) is 5.69 Å². The van der Waals surface area contributed by atoms with Gasteiger partial charge in [0.15, 0.2) is 0 Å². The number of hydrogen-bond donors (Lipinski definition) is 4. The third kappa shape index (κ3) is 11.5. The number of nitro groups is 1. The number of nitrogens with one attached hydrogen (secondary N) is 4. The molecule has 48 heavy (non-hydrogen) atoms. The van der Waals surface area contributed by atoms with Crippen LogP contribution in [-0.2, 0) is 44.8 Å². The van der Waals surface area contributed by atoms with Gasteiger partial charge < -0.3 is 40.5 Å². The van der Waals surface area contributed by atoms with Gasteiger partial charge in [0.05, 0.1) is 18.0 Å². The van der Waals surface area contributed by atoms with Crippen molar-refractivity contribution in [3.8, 4) is 0 Å². The van der Waals surface area contributed by atoms with Crippen molar-refractivity contribution in [3.63, 3.8) is 0 Å². The summed E-state index contributed by atoms with van der Waals surface area (Å²) in [5, 5.41) is 20.4. The predicted octanol–water partition coefficient (Wildman–Crippen LogP) is -0.507. The van der Waals surface area contributed by atoms with E-state index in [1.54, 1.807) is 20.8 Å². The van der Waals surface area contributed by atoms with Gasteiger partial charge >= 0.3 is 12.1 Å². The highest BCUT2D eigenvalue weighted by molar-refractivity contribution is 5.94. The van der Waals surface area contributed by atoms with Crippen molar-refractivity contribution in [2.24, 2.45) is 0 Å². The van der Waals surface area contributed by atoms with E-state index >= 15 is 0 Å². The van der Waals surface area contributed by atoms with Gasteiger partial charge in [-0.05, 0) is 64.2 Å². The maximum absolute atomic E-state index is 12.8. The predicted molar refractivity (Wildman–Crippen MR) is 166 cm³/mol. The number of non-ortho nitro benzene ring substituents is 1. The lowest BCUT2D eigenvalue weighted by Gasteiger charge is -2.25. The van der Waals surface area contributed by atoms with Crippen molar-refractivity contribution < 1.29 is 48.0 Å². The van der Waals surface area contributed by atoms with Crippen molar-refractivity contribution in [3.05, 3.63) is 39.9 Å². The Hall–Kier alpha value is -5.29. The molecule has 2 saturated heterocycles. The van der Waals surface area contributed by atoms with E-state index in [0.717, 1.165) is 0 Å². The van der Waals surface area contributed by atoms with Crippen LogP contribution in [0.4, 0.5) is 10.5 Å². The van der Waals surface area contributed by atoms with Crippen LogP contribution in [0, 0.1) is 10.1 Å². The summed E-state index contributed by atoms with van der Waals surface area (Å²) >= 11 is 0. The van der Waals surface area contributed by atoms with Gasteiger partial charge in [-0.25, -0.2) is 4.79 Å². The fourth-order valence-electron chi connectivity index (χ4n) is 5.07. The molecule has 0 aliphatic carbocycles. The number of esters is 1. The third-order valence-electron chi connectivity index (χ3n) is 7.35. The number of ether oxygens (including phenoxy) is 2. The number of likely N-dealkylation sites (tertiary alicyclic amines) is 2. The Bertz CT molecular complexity index is 1390. The molecule has 0 radical (unpaired) electrons. The van der Waals surface area contributed by atoms with E-state index in [-0.39, 0.29) is 25.4 Å². The van der Waals surface area contributed by atoms with Gasteiger partial charge in [-0.3, -0.25) is 38.9 Å². The summed E-state index contributed by atoms with van der Waals surface area (Å²) in [7, 11) is 0. The molecule has 3 rings (SSSR count). The second-order valence-corrected chi connectivity index (χ2v) is 12.1. The van der Waals surface area contributed by atoms with E-state index in [4.69, 9.17) is 9.47 Å². The highest BCUT2D eigenvalue weighted by Gasteiger charge is 2.35. The second kappa shape index (κ2) is 17.0. The zero-order valence-electron chi connectivity index (χ0n) is 27.1. The van der Waals surface area contributed by atoms with Crippen LogP contribution in [0.3, 0.4) is 0 Å². The number of carbonyl (C=O) groups excluding carboxylic acids is 7. The molecule has 1 aromatic carbocycles. The van der Waals surface area contributed by atoms with E-state index < -0.39 is 83.8 Å². The molecule has 2 fully saturated rings. The van der Waals surface area contributed by atoms with Crippen LogP contribution < -0.4 is 21.3 Å². The second-order valence-electron chi connectivity index (χ2n) is 12.1. The minimum Gasteiger partial charge on any atom is -0.460 e. The molecule has 2 aliphatic rings. The molecule has 6 amide bonds. The Kier molecular flexibility index (Phi) is 13.2. The first kappa shape index (κ1) is 37.2. The maximum atomic E-state index is 12.8. The largest absolute Gasteiger partial charge is 0.460 e. The quantitative estimate of drug-likeness (QED) is 0.118. The van der Waals surface area contributed by atoms with Crippen LogP contribution in [0.5, 0.6) is 0 Å². The number of rotatable bonds is 13. The highest BCUT2D eigenvalue weighted by Crippen LogP contribution is 2.19. The Labute approximate surface area is 276 Å². The molecule has 2 atom stereocenters. The standard InChI is InChI=1S/C30H41N7O11/c1-30(2,3)48-29(44)34-16-25(40)36-13-4-6-21(36)27(42)32-14-23(38)31-15-24(39)35-12-5-7-22(35)28(43)33-17-26(41)47-18-19-8-10-20(11-9-19)37(45)46/h8-11,21-22H,4-7,12-18H2,1-3H3,(H,31,38)(H,32,42)(H,33,43)(H,34,44)/t21-,22-/m0/s1. The van der Waals surface area contributed by atoms with E-state index in [0.29, 0.717) is 37.8 Å². The van der Waals surface area contributed by atoms with Crippen molar-refractivity contribution in [1.82, 2.24) is 31.1 Å². The number of alkyl carbamates (subject to hydrolysis) is 1. The molecule has 0 unspecified atom stereocenters. The van der Waals surface area contributed by atoms with Crippen LogP contribution in [0.1, 0.15) is 52.0 Å². The van der Waals surface area contributed by atoms with Crippen LogP contribution in [0.2, 0.25) is 0 Å². The summed E-state index contributed by atoms with van der Waals surface area (Å²) < 4.78 is 10.2. The van der Waals surface area contributed by atoms with E-state index in [9.17, 15) is 43.7 Å². The SMILES string of the molecule is CC(C)(C)OC(=O)NCC(=O)N1CCC[C@H]1C(=O)NCC(=O)NCC(=O)N1CCC[C@H]1C(=O)NCC(=O)OCc1ccc([N+](=O)[O-])cc1. The van der Waals surface area contributed by atoms with Crippen LogP contribution in [-0.4, -0.2) is 113 Å². The summed E-state index contributed by atoms with van der Waals surface area (Å²) in [5.41, 5.74) is -0.318. The van der Waals surface area contributed by atoms with Gasteiger partial charge in [-0.2, -0.15) is 0 Å². The molecule has 262 valence electrons. The Balaban J connectivity index is 1.36. The van der Waals surface area contributed by atoms with Crippen molar-refractivity contribution in [2.45, 2.75) is 70.7 Å². The average molecular weight is 676 g/mol. The van der Waals surface area contributed by atoms with Gasteiger partial charge in [-0.15, -0.1) is 0 Å². The summed E-state index contributed by atoms with van der Waals surface area (Å²) in [6.07, 6.45) is 1.05. The summed E-state index contributed by atoms with van der Waals surface area (Å²) in [6.45, 7) is 3.79. The van der Waals surface area contributed by atoms with Crippen LogP contribution in [0.15, 0.2) is 24.3 Å². The average Bonchev–Trinajstić information content (AvgIpc) is 3.73. The Morgan fingerprint density at radius 1 is 0.792 bits per heavy atom. The van der Waals surface area contributed by atoms with E-state index in [1.165, 1.54) is 34.1 Å². The van der Waals surface area contributed by atoms with Gasteiger partial charge in [0.2, 0.25) is 29.5 Å². The summed E-state index contributed by atoms with van der Waals surface area (Å²) in [4.78, 5) is 100. The first-order valence-corrected chi connectivity index (χ1v) is 15.4. The lowest BCUT2D eigenvalue weighted by molar-refractivity contribution is -0.384. The molecule has 2 heterocycles. The molecular formula is C30H41N7O11. The molecule has 1 aromatic rings. The van der Waals surface area contributed by atoms with Gasteiger partial charge in [0, 0.05) is 25.2 Å². The smallest absolute Gasteiger partial charge is 0.408 e. The molecule has 18 nitrogen and oxygen atoms in total. The minimum atomic E-state index is -0.854. The first-order chi connectivity index (χ1) is 22.6.